The van der Waals surface area contributed by atoms with E-state index in [1.54, 1.807) is 0 Å². The van der Waals surface area contributed by atoms with Crippen molar-refractivity contribution in [1.82, 2.24) is 5.32 Å². The predicted octanol–water partition coefficient (Wildman–Crippen LogP) is 1.96. The first kappa shape index (κ1) is 14.3. The molecule has 3 N–H and O–H groups in total. The van der Waals surface area contributed by atoms with Crippen molar-refractivity contribution < 1.29 is 18.0 Å². The van der Waals surface area contributed by atoms with Gasteiger partial charge in [-0.1, -0.05) is 12.8 Å². The summed E-state index contributed by atoms with van der Waals surface area (Å²) in [4.78, 5) is 11.4. The fourth-order valence-corrected chi connectivity index (χ4v) is 2.24. The highest BCUT2D eigenvalue weighted by molar-refractivity contribution is 5.76. The van der Waals surface area contributed by atoms with Crippen LogP contribution >= 0.6 is 0 Å². The molecule has 1 saturated carbocycles. The molecule has 2 atom stereocenters. The molecule has 17 heavy (non-hydrogen) atoms. The second-order valence-corrected chi connectivity index (χ2v) is 4.50. The van der Waals surface area contributed by atoms with E-state index < -0.39 is 18.1 Å². The lowest BCUT2D eigenvalue weighted by Crippen LogP contribution is -2.47. The largest absolute Gasteiger partial charge is 0.393 e. The standard InChI is InChI=1S/C11H19F3N2O/c12-11(13,14)8-4-1-2-5-9(8)16-10(17)6-3-7-15/h8-9H,1-7,15H2,(H,16,17). The Kier molecular flexibility index (Phi) is 5.24. The minimum atomic E-state index is -4.22. The van der Waals surface area contributed by atoms with Crippen LogP contribution in [0.15, 0.2) is 0 Å². The molecule has 1 aliphatic carbocycles. The summed E-state index contributed by atoms with van der Waals surface area (Å²) in [6.07, 6.45) is -1.64. The van der Waals surface area contributed by atoms with Crippen molar-refractivity contribution in [2.45, 2.75) is 50.7 Å². The lowest BCUT2D eigenvalue weighted by atomic mass is 9.84. The lowest BCUT2D eigenvalue weighted by Gasteiger charge is -2.33. The van der Waals surface area contributed by atoms with Crippen LogP contribution in [0.3, 0.4) is 0 Å². The number of nitrogens with two attached hydrogens (primary N) is 1. The van der Waals surface area contributed by atoms with Crippen LogP contribution in [0.25, 0.3) is 0 Å². The SMILES string of the molecule is NCCCC(=O)NC1CCCCC1C(F)(F)F. The summed E-state index contributed by atoms with van der Waals surface area (Å²) < 4.78 is 38.2. The van der Waals surface area contributed by atoms with Crippen LogP contribution in [-0.2, 0) is 4.79 Å². The molecule has 0 aromatic heterocycles. The molecule has 0 heterocycles. The van der Waals surface area contributed by atoms with Crippen LogP contribution in [0.5, 0.6) is 0 Å². The average molecular weight is 252 g/mol. The van der Waals surface area contributed by atoms with Gasteiger partial charge in [-0.3, -0.25) is 4.79 Å². The number of hydrogen-bond donors (Lipinski definition) is 2. The van der Waals surface area contributed by atoms with Crippen LogP contribution in [0.1, 0.15) is 38.5 Å². The minimum Gasteiger partial charge on any atom is -0.353 e. The van der Waals surface area contributed by atoms with E-state index in [-0.39, 0.29) is 18.7 Å². The monoisotopic (exact) mass is 252 g/mol. The highest BCUT2D eigenvalue weighted by atomic mass is 19.4. The first-order valence-electron chi connectivity index (χ1n) is 6.01. The van der Waals surface area contributed by atoms with Gasteiger partial charge in [0.15, 0.2) is 0 Å². The van der Waals surface area contributed by atoms with E-state index in [1.807, 2.05) is 0 Å². The molecular formula is C11H19F3N2O. The number of nitrogens with one attached hydrogen (secondary N) is 1. The Bertz CT molecular complexity index is 256. The van der Waals surface area contributed by atoms with Crippen molar-refractivity contribution in [2.75, 3.05) is 6.54 Å². The molecule has 2 unspecified atom stereocenters. The number of halogens is 3. The van der Waals surface area contributed by atoms with E-state index in [2.05, 4.69) is 5.32 Å². The molecule has 0 aromatic carbocycles. The normalized spacial score (nSPS) is 25.6. The Labute approximate surface area is 98.9 Å². The maximum atomic E-state index is 12.7. The molecule has 0 aliphatic heterocycles. The first-order chi connectivity index (χ1) is 7.95. The highest BCUT2D eigenvalue weighted by Gasteiger charge is 2.45. The van der Waals surface area contributed by atoms with Crippen LogP contribution in [0, 0.1) is 5.92 Å². The summed E-state index contributed by atoms with van der Waals surface area (Å²) >= 11 is 0. The van der Waals surface area contributed by atoms with E-state index in [4.69, 9.17) is 5.73 Å². The fraction of sp³-hybridized carbons (Fsp3) is 0.909. The molecule has 3 nitrogen and oxygen atoms in total. The van der Waals surface area contributed by atoms with Crippen molar-refractivity contribution in [3.05, 3.63) is 0 Å². The summed E-state index contributed by atoms with van der Waals surface area (Å²) in [6, 6.07) is -0.756. The summed E-state index contributed by atoms with van der Waals surface area (Å²) in [5.41, 5.74) is 5.25. The lowest BCUT2D eigenvalue weighted by molar-refractivity contribution is -0.189. The number of carbonyl (C=O) groups is 1. The zero-order valence-electron chi connectivity index (χ0n) is 9.72. The third-order valence-electron chi connectivity index (χ3n) is 3.14. The van der Waals surface area contributed by atoms with Gasteiger partial charge in [-0.2, -0.15) is 13.2 Å². The molecule has 1 aliphatic rings. The first-order valence-corrected chi connectivity index (χ1v) is 6.01. The Hall–Kier alpha value is -0.780. The molecule has 1 fully saturated rings. The predicted molar refractivity (Wildman–Crippen MR) is 58.2 cm³/mol. The zero-order valence-corrected chi connectivity index (χ0v) is 9.72. The second kappa shape index (κ2) is 6.23. The maximum absolute atomic E-state index is 12.7. The molecule has 0 saturated heterocycles. The molecule has 1 amide bonds. The van der Waals surface area contributed by atoms with Gasteiger partial charge < -0.3 is 11.1 Å². The van der Waals surface area contributed by atoms with Gasteiger partial charge in [0.1, 0.15) is 0 Å². The fourth-order valence-electron chi connectivity index (χ4n) is 2.24. The smallest absolute Gasteiger partial charge is 0.353 e. The summed E-state index contributed by atoms with van der Waals surface area (Å²) in [6.45, 7) is 0.376. The average Bonchev–Trinajstić information content (AvgIpc) is 2.25. The number of amides is 1. The molecule has 100 valence electrons. The number of alkyl halides is 3. The van der Waals surface area contributed by atoms with E-state index in [1.165, 1.54) is 0 Å². The van der Waals surface area contributed by atoms with Crippen LogP contribution in [-0.4, -0.2) is 24.7 Å². The van der Waals surface area contributed by atoms with Gasteiger partial charge in [-0.05, 0) is 25.8 Å². The van der Waals surface area contributed by atoms with E-state index in [9.17, 15) is 18.0 Å². The molecular weight excluding hydrogens is 233 g/mol. The van der Waals surface area contributed by atoms with Gasteiger partial charge in [-0.15, -0.1) is 0 Å². The molecule has 0 spiro atoms. The number of rotatable bonds is 4. The summed E-state index contributed by atoms with van der Waals surface area (Å²) in [5.74, 6) is -1.71. The molecule has 6 heteroatoms. The highest BCUT2D eigenvalue weighted by Crippen LogP contribution is 2.37. The van der Waals surface area contributed by atoms with Crippen molar-refractivity contribution in [3.8, 4) is 0 Å². The molecule has 0 aromatic rings. The van der Waals surface area contributed by atoms with Gasteiger partial charge in [0.2, 0.25) is 5.91 Å². The Morgan fingerprint density at radius 2 is 1.94 bits per heavy atom. The zero-order chi connectivity index (χ0) is 12.9. The van der Waals surface area contributed by atoms with E-state index >= 15 is 0 Å². The van der Waals surface area contributed by atoms with Crippen molar-refractivity contribution in [2.24, 2.45) is 11.7 Å². The maximum Gasteiger partial charge on any atom is 0.393 e. The Morgan fingerprint density at radius 1 is 1.29 bits per heavy atom. The van der Waals surface area contributed by atoms with Crippen molar-refractivity contribution in [1.29, 1.82) is 0 Å². The number of hydrogen-bond acceptors (Lipinski definition) is 2. The van der Waals surface area contributed by atoms with Gasteiger partial charge in [0, 0.05) is 12.5 Å². The van der Waals surface area contributed by atoms with Crippen LogP contribution in [0.4, 0.5) is 13.2 Å². The Balaban J connectivity index is 2.51. The van der Waals surface area contributed by atoms with E-state index in [0.29, 0.717) is 25.8 Å². The minimum absolute atomic E-state index is 0.116. The summed E-state index contributed by atoms with van der Waals surface area (Å²) in [5, 5.41) is 2.50. The topological polar surface area (TPSA) is 55.1 Å². The van der Waals surface area contributed by atoms with Gasteiger partial charge in [0.25, 0.3) is 0 Å². The van der Waals surface area contributed by atoms with Gasteiger partial charge in [-0.25, -0.2) is 0 Å². The van der Waals surface area contributed by atoms with E-state index in [0.717, 1.165) is 6.42 Å². The quantitative estimate of drug-likeness (QED) is 0.803. The van der Waals surface area contributed by atoms with Crippen molar-refractivity contribution in [3.63, 3.8) is 0 Å². The van der Waals surface area contributed by atoms with Crippen LogP contribution < -0.4 is 11.1 Å². The van der Waals surface area contributed by atoms with Crippen molar-refractivity contribution >= 4 is 5.91 Å². The third-order valence-corrected chi connectivity index (χ3v) is 3.14. The second-order valence-electron chi connectivity index (χ2n) is 4.50. The van der Waals surface area contributed by atoms with Gasteiger partial charge >= 0.3 is 6.18 Å². The molecule has 0 bridgehead atoms. The van der Waals surface area contributed by atoms with Gasteiger partial charge in [0.05, 0.1) is 5.92 Å². The Morgan fingerprint density at radius 3 is 2.53 bits per heavy atom. The van der Waals surface area contributed by atoms with Crippen LogP contribution in [0.2, 0.25) is 0 Å². The third kappa shape index (κ3) is 4.53. The number of carbonyl (C=O) groups excluding carboxylic acids is 1. The summed E-state index contributed by atoms with van der Waals surface area (Å²) in [7, 11) is 0. The molecule has 0 radical (unpaired) electrons. The molecule has 1 rings (SSSR count).